The molecule has 1 aromatic heterocycles. The van der Waals surface area contributed by atoms with Crippen LogP contribution in [0.2, 0.25) is 0 Å². The second-order valence-corrected chi connectivity index (χ2v) is 3.81. The fourth-order valence-corrected chi connectivity index (χ4v) is 1.95. The standard InChI is InChI=1S/C14H15NO2/c1-3-4-9-15-12-8-6-5-7-11(12)10-13(15)14(16)17-2/h3,5-8,10H,1,4,9H2,2H3. The maximum absolute atomic E-state index is 11.7. The first kappa shape index (κ1) is 11.5. The molecular formula is C14H15NO2. The number of aryl methyl sites for hydroxylation is 1. The third-order valence-electron chi connectivity index (χ3n) is 2.76. The molecule has 17 heavy (non-hydrogen) atoms. The van der Waals surface area contributed by atoms with E-state index in [1.807, 2.05) is 41.0 Å². The second kappa shape index (κ2) is 4.87. The average molecular weight is 229 g/mol. The molecule has 88 valence electrons. The largest absolute Gasteiger partial charge is 0.464 e. The number of rotatable bonds is 4. The Morgan fingerprint density at radius 1 is 1.47 bits per heavy atom. The highest BCUT2D eigenvalue weighted by molar-refractivity contribution is 5.95. The van der Waals surface area contributed by atoms with Gasteiger partial charge in [0.15, 0.2) is 0 Å². The molecule has 2 aromatic rings. The predicted octanol–water partition coefficient (Wildman–Crippen LogP) is 3.00. The number of hydrogen-bond acceptors (Lipinski definition) is 2. The summed E-state index contributed by atoms with van der Waals surface area (Å²) < 4.78 is 6.78. The van der Waals surface area contributed by atoms with E-state index in [1.54, 1.807) is 0 Å². The van der Waals surface area contributed by atoms with Crippen molar-refractivity contribution in [1.29, 1.82) is 0 Å². The molecule has 1 heterocycles. The Labute approximate surface area is 100 Å². The molecule has 0 unspecified atom stereocenters. The summed E-state index contributed by atoms with van der Waals surface area (Å²) >= 11 is 0. The van der Waals surface area contributed by atoms with E-state index in [2.05, 4.69) is 6.58 Å². The first-order valence-electron chi connectivity index (χ1n) is 5.55. The van der Waals surface area contributed by atoms with E-state index in [0.29, 0.717) is 5.69 Å². The summed E-state index contributed by atoms with van der Waals surface area (Å²) in [5.74, 6) is -0.301. The summed E-state index contributed by atoms with van der Waals surface area (Å²) in [4.78, 5) is 11.7. The molecule has 0 saturated heterocycles. The Kier molecular flexibility index (Phi) is 3.28. The second-order valence-electron chi connectivity index (χ2n) is 3.81. The van der Waals surface area contributed by atoms with Gasteiger partial charge in [-0.2, -0.15) is 0 Å². The van der Waals surface area contributed by atoms with E-state index < -0.39 is 0 Å². The topological polar surface area (TPSA) is 31.2 Å². The predicted molar refractivity (Wildman–Crippen MR) is 68.1 cm³/mol. The zero-order valence-corrected chi connectivity index (χ0v) is 9.85. The van der Waals surface area contributed by atoms with Crippen LogP contribution in [0, 0.1) is 0 Å². The lowest BCUT2D eigenvalue weighted by Gasteiger charge is -2.07. The molecule has 0 saturated carbocycles. The van der Waals surface area contributed by atoms with Crippen LogP contribution in [0.15, 0.2) is 43.0 Å². The van der Waals surface area contributed by atoms with Gasteiger partial charge in [-0.3, -0.25) is 0 Å². The first-order chi connectivity index (χ1) is 8.27. The van der Waals surface area contributed by atoms with Crippen LogP contribution in [0.1, 0.15) is 16.9 Å². The number of carbonyl (C=O) groups is 1. The SMILES string of the molecule is C=CCCn1c(C(=O)OC)cc2ccccc21. The zero-order chi connectivity index (χ0) is 12.3. The molecule has 0 atom stereocenters. The van der Waals surface area contributed by atoms with Crippen LogP contribution in [-0.2, 0) is 11.3 Å². The molecule has 0 fully saturated rings. The van der Waals surface area contributed by atoms with Crippen LogP contribution < -0.4 is 0 Å². The van der Waals surface area contributed by atoms with E-state index in [0.717, 1.165) is 23.9 Å². The molecule has 0 radical (unpaired) electrons. The average Bonchev–Trinajstić information content (AvgIpc) is 2.74. The summed E-state index contributed by atoms with van der Waals surface area (Å²) in [7, 11) is 1.40. The molecule has 0 bridgehead atoms. The summed E-state index contributed by atoms with van der Waals surface area (Å²) in [6.07, 6.45) is 2.67. The number of para-hydroxylation sites is 1. The highest BCUT2D eigenvalue weighted by Gasteiger charge is 2.14. The van der Waals surface area contributed by atoms with Gasteiger partial charge in [0.05, 0.1) is 7.11 Å². The van der Waals surface area contributed by atoms with Crippen molar-refractivity contribution in [3.05, 3.63) is 48.7 Å². The van der Waals surface area contributed by atoms with Crippen molar-refractivity contribution in [2.24, 2.45) is 0 Å². The quantitative estimate of drug-likeness (QED) is 0.596. The van der Waals surface area contributed by atoms with E-state index >= 15 is 0 Å². The molecule has 0 aliphatic carbocycles. The van der Waals surface area contributed by atoms with Gasteiger partial charge in [0, 0.05) is 17.4 Å². The van der Waals surface area contributed by atoms with Gasteiger partial charge >= 0.3 is 5.97 Å². The molecule has 0 aliphatic heterocycles. The lowest BCUT2D eigenvalue weighted by molar-refractivity contribution is 0.0589. The fraction of sp³-hybridized carbons (Fsp3) is 0.214. The summed E-state index contributed by atoms with van der Waals surface area (Å²) in [6, 6.07) is 9.79. The van der Waals surface area contributed by atoms with Gasteiger partial charge in [0.2, 0.25) is 0 Å². The van der Waals surface area contributed by atoms with Crippen molar-refractivity contribution in [2.75, 3.05) is 7.11 Å². The van der Waals surface area contributed by atoms with Gasteiger partial charge in [0.25, 0.3) is 0 Å². The lowest BCUT2D eigenvalue weighted by atomic mass is 10.2. The maximum atomic E-state index is 11.7. The van der Waals surface area contributed by atoms with Crippen LogP contribution in [0.5, 0.6) is 0 Å². The Morgan fingerprint density at radius 2 is 2.24 bits per heavy atom. The van der Waals surface area contributed by atoms with Gasteiger partial charge in [-0.25, -0.2) is 4.79 Å². The highest BCUT2D eigenvalue weighted by Crippen LogP contribution is 2.20. The van der Waals surface area contributed by atoms with Crippen molar-refractivity contribution >= 4 is 16.9 Å². The van der Waals surface area contributed by atoms with Crippen LogP contribution >= 0.6 is 0 Å². The first-order valence-corrected chi connectivity index (χ1v) is 5.55. The number of carbonyl (C=O) groups excluding carboxylic acids is 1. The molecule has 3 heteroatoms. The number of methoxy groups -OCH3 is 1. The highest BCUT2D eigenvalue weighted by atomic mass is 16.5. The van der Waals surface area contributed by atoms with E-state index in [4.69, 9.17) is 4.74 Å². The molecule has 0 amide bonds. The minimum Gasteiger partial charge on any atom is -0.464 e. The molecule has 0 N–H and O–H groups in total. The van der Waals surface area contributed by atoms with Gasteiger partial charge in [-0.15, -0.1) is 6.58 Å². The minimum absolute atomic E-state index is 0.301. The number of aromatic nitrogens is 1. The molecular weight excluding hydrogens is 214 g/mol. The number of fused-ring (bicyclic) bond motifs is 1. The zero-order valence-electron chi connectivity index (χ0n) is 9.85. The number of esters is 1. The third-order valence-corrected chi connectivity index (χ3v) is 2.76. The molecule has 0 aliphatic rings. The molecule has 3 nitrogen and oxygen atoms in total. The van der Waals surface area contributed by atoms with Gasteiger partial charge in [-0.05, 0) is 18.6 Å². The van der Waals surface area contributed by atoms with Crippen molar-refractivity contribution in [3.63, 3.8) is 0 Å². The smallest absolute Gasteiger partial charge is 0.354 e. The summed E-state index contributed by atoms with van der Waals surface area (Å²) in [6.45, 7) is 4.44. The van der Waals surface area contributed by atoms with Crippen molar-refractivity contribution in [2.45, 2.75) is 13.0 Å². The monoisotopic (exact) mass is 229 g/mol. The van der Waals surface area contributed by atoms with Crippen molar-refractivity contribution in [3.8, 4) is 0 Å². The Morgan fingerprint density at radius 3 is 2.94 bits per heavy atom. The Hall–Kier alpha value is -2.03. The van der Waals surface area contributed by atoms with Gasteiger partial charge in [0.1, 0.15) is 5.69 Å². The van der Waals surface area contributed by atoms with Crippen LogP contribution in [0.3, 0.4) is 0 Å². The fourth-order valence-electron chi connectivity index (χ4n) is 1.95. The third kappa shape index (κ3) is 2.09. The molecule has 2 rings (SSSR count). The van der Waals surface area contributed by atoms with Crippen LogP contribution in [0.25, 0.3) is 10.9 Å². The van der Waals surface area contributed by atoms with Gasteiger partial charge < -0.3 is 9.30 Å². The number of allylic oxidation sites excluding steroid dienone is 1. The Balaban J connectivity index is 2.56. The maximum Gasteiger partial charge on any atom is 0.354 e. The number of ether oxygens (including phenoxy) is 1. The van der Waals surface area contributed by atoms with Crippen LogP contribution in [-0.4, -0.2) is 17.6 Å². The summed E-state index contributed by atoms with van der Waals surface area (Å²) in [5, 5.41) is 1.05. The lowest BCUT2D eigenvalue weighted by Crippen LogP contribution is -2.10. The van der Waals surface area contributed by atoms with E-state index in [-0.39, 0.29) is 5.97 Å². The normalized spacial score (nSPS) is 10.4. The number of benzene rings is 1. The van der Waals surface area contributed by atoms with Crippen molar-refractivity contribution in [1.82, 2.24) is 4.57 Å². The van der Waals surface area contributed by atoms with E-state index in [9.17, 15) is 4.79 Å². The van der Waals surface area contributed by atoms with Gasteiger partial charge in [-0.1, -0.05) is 24.3 Å². The van der Waals surface area contributed by atoms with Crippen LogP contribution in [0.4, 0.5) is 0 Å². The number of nitrogens with zero attached hydrogens (tertiary/aromatic N) is 1. The minimum atomic E-state index is -0.301. The van der Waals surface area contributed by atoms with E-state index in [1.165, 1.54) is 7.11 Å². The molecule has 0 spiro atoms. The van der Waals surface area contributed by atoms with Crippen molar-refractivity contribution < 1.29 is 9.53 Å². The Bertz CT molecular complexity index is 554. The summed E-state index contributed by atoms with van der Waals surface area (Å²) in [5.41, 5.74) is 1.64. The molecule has 1 aromatic carbocycles. The number of hydrogen-bond donors (Lipinski definition) is 0.